The van der Waals surface area contributed by atoms with Gasteiger partial charge < -0.3 is 9.47 Å². The van der Waals surface area contributed by atoms with Gasteiger partial charge in [-0.15, -0.1) is 0 Å². The van der Waals surface area contributed by atoms with Gasteiger partial charge in [-0.1, -0.05) is 42.1 Å². The molecule has 130 valence electrons. The third kappa shape index (κ3) is 4.14. The maximum absolute atomic E-state index is 12.6. The van der Waals surface area contributed by atoms with Crippen LogP contribution in [0.25, 0.3) is 0 Å². The average molecular weight is 356 g/mol. The summed E-state index contributed by atoms with van der Waals surface area (Å²) in [5.41, 5.74) is 1.97. The predicted molar refractivity (Wildman–Crippen MR) is 101 cm³/mol. The molecule has 1 amide bonds. The summed E-state index contributed by atoms with van der Waals surface area (Å²) in [5.74, 6) is 1.90. The summed E-state index contributed by atoms with van der Waals surface area (Å²) < 4.78 is 10.9. The molecule has 0 spiro atoms. The number of amidine groups is 1. The van der Waals surface area contributed by atoms with Gasteiger partial charge >= 0.3 is 0 Å². The maximum atomic E-state index is 12.6. The number of rotatable bonds is 5. The Kier molecular flexibility index (Phi) is 5.60. The molecule has 3 rings (SSSR count). The molecule has 2 aromatic carbocycles. The van der Waals surface area contributed by atoms with Crippen molar-refractivity contribution < 1.29 is 14.3 Å². The van der Waals surface area contributed by atoms with Crippen molar-refractivity contribution in [2.75, 3.05) is 26.0 Å². The van der Waals surface area contributed by atoms with Gasteiger partial charge in [-0.25, -0.2) is 4.99 Å². The van der Waals surface area contributed by atoms with Crippen LogP contribution in [-0.2, 0) is 4.79 Å². The van der Waals surface area contributed by atoms with Gasteiger partial charge in [-0.2, -0.15) is 0 Å². The zero-order valence-electron chi connectivity index (χ0n) is 14.3. The maximum Gasteiger partial charge on any atom is 0.266 e. The van der Waals surface area contributed by atoms with Crippen molar-refractivity contribution >= 4 is 28.5 Å². The Balaban J connectivity index is 1.70. The van der Waals surface area contributed by atoms with E-state index in [2.05, 4.69) is 4.99 Å². The molecule has 1 saturated heterocycles. The summed E-state index contributed by atoms with van der Waals surface area (Å²) in [4.78, 5) is 18.9. The molecule has 0 N–H and O–H groups in total. The van der Waals surface area contributed by atoms with Crippen molar-refractivity contribution in [2.45, 2.75) is 6.92 Å². The molecule has 0 saturated carbocycles. The van der Waals surface area contributed by atoms with Crippen LogP contribution in [0.5, 0.6) is 11.5 Å². The van der Waals surface area contributed by atoms with Gasteiger partial charge in [0.05, 0.1) is 12.8 Å². The highest BCUT2D eigenvalue weighted by Gasteiger charge is 2.26. The second-order valence-corrected chi connectivity index (χ2v) is 6.58. The van der Waals surface area contributed by atoms with Crippen LogP contribution in [0.1, 0.15) is 5.56 Å². The molecule has 25 heavy (non-hydrogen) atoms. The van der Waals surface area contributed by atoms with Gasteiger partial charge in [0, 0.05) is 12.3 Å². The van der Waals surface area contributed by atoms with Crippen LogP contribution in [0, 0.1) is 6.92 Å². The van der Waals surface area contributed by atoms with Crippen molar-refractivity contribution in [3.63, 3.8) is 0 Å². The zero-order valence-corrected chi connectivity index (χ0v) is 15.1. The van der Waals surface area contributed by atoms with E-state index in [1.807, 2.05) is 43.3 Å². The number of benzene rings is 2. The number of amides is 1. The van der Waals surface area contributed by atoms with E-state index < -0.39 is 0 Å². The molecule has 0 atom stereocenters. The number of ether oxygens (including phenoxy) is 2. The topological polar surface area (TPSA) is 51.1 Å². The van der Waals surface area contributed by atoms with Crippen LogP contribution in [0.2, 0.25) is 0 Å². The molecule has 0 aliphatic carbocycles. The summed E-state index contributed by atoms with van der Waals surface area (Å²) in [7, 11) is 1.58. The number of para-hydroxylation sites is 3. The first-order chi connectivity index (χ1) is 12.2. The Hall–Kier alpha value is -2.47. The molecular weight excluding hydrogens is 336 g/mol. The lowest BCUT2D eigenvalue weighted by atomic mass is 10.2. The Morgan fingerprint density at radius 1 is 1.16 bits per heavy atom. The summed E-state index contributed by atoms with van der Waals surface area (Å²) in [6.45, 7) is 2.60. The van der Waals surface area contributed by atoms with E-state index in [4.69, 9.17) is 9.47 Å². The third-order valence-corrected chi connectivity index (χ3v) is 4.79. The van der Waals surface area contributed by atoms with Gasteiger partial charge in [0.2, 0.25) is 0 Å². The number of hydrogen-bond donors (Lipinski definition) is 0. The predicted octanol–water partition coefficient (Wildman–Crippen LogP) is 3.65. The molecule has 1 heterocycles. The Bertz CT molecular complexity index is 792. The lowest BCUT2D eigenvalue weighted by Crippen LogP contribution is -2.35. The van der Waals surface area contributed by atoms with Gasteiger partial charge in [0.1, 0.15) is 0 Å². The van der Waals surface area contributed by atoms with E-state index in [0.717, 1.165) is 22.2 Å². The van der Waals surface area contributed by atoms with Crippen LogP contribution in [-0.4, -0.2) is 42.0 Å². The first-order valence-electron chi connectivity index (χ1n) is 8.02. The standard InChI is InChI=1S/C19H20N2O3S/c1-14-7-3-4-8-15(14)20-19-21(11-12-25-19)18(22)13-24-17-10-6-5-9-16(17)23-2/h3-10H,11-13H2,1-2H3. The van der Waals surface area contributed by atoms with Crippen molar-refractivity contribution in [1.82, 2.24) is 4.90 Å². The molecule has 2 aromatic rings. The molecule has 0 aromatic heterocycles. The molecular formula is C19H20N2O3S. The number of methoxy groups -OCH3 is 1. The number of nitrogens with zero attached hydrogens (tertiary/aromatic N) is 2. The fraction of sp³-hybridized carbons (Fsp3) is 0.263. The van der Waals surface area contributed by atoms with E-state index >= 15 is 0 Å². The first-order valence-corrected chi connectivity index (χ1v) is 9.01. The fourth-order valence-electron chi connectivity index (χ4n) is 2.47. The summed E-state index contributed by atoms with van der Waals surface area (Å²) >= 11 is 1.59. The third-order valence-electron chi connectivity index (χ3n) is 3.83. The highest BCUT2D eigenvalue weighted by molar-refractivity contribution is 8.14. The monoisotopic (exact) mass is 356 g/mol. The Morgan fingerprint density at radius 3 is 2.64 bits per heavy atom. The second kappa shape index (κ2) is 8.07. The Labute approximate surface area is 151 Å². The lowest BCUT2D eigenvalue weighted by molar-refractivity contribution is -0.129. The molecule has 1 aliphatic rings. The second-order valence-electron chi connectivity index (χ2n) is 5.51. The van der Waals surface area contributed by atoms with Gasteiger partial charge in [-0.05, 0) is 30.7 Å². The van der Waals surface area contributed by atoms with Crippen molar-refractivity contribution in [3.05, 3.63) is 54.1 Å². The zero-order chi connectivity index (χ0) is 17.6. The van der Waals surface area contributed by atoms with E-state index in [1.54, 1.807) is 35.9 Å². The number of thioether (sulfide) groups is 1. The van der Waals surface area contributed by atoms with Crippen molar-refractivity contribution in [1.29, 1.82) is 0 Å². The molecule has 0 radical (unpaired) electrons. The molecule has 1 fully saturated rings. The number of aliphatic imine (C=N–C) groups is 1. The lowest BCUT2D eigenvalue weighted by Gasteiger charge is -2.17. The minimum atomic E-state index is -0.108. The Morgan fingerprint density at radius 2 is 1.88 bits per heavy atom. The highest BCUT2D eigenvalue weighted by atomic mass is 32.2. The number of carbonyl (C=O) groups excluding carboxylic acids is 1. The molecule has 6 heteroatoms. The van der Waals surface area contributed by atoms with E-state index in [9.17, 15) is 4.79 Å². The quantitative estimate of drug-likeness (QED) is 0.821. The average Bonchev–Trinajstić information content (AvgIpc) is 3.10. The van der Waals surface area contributed by atoms with Gasteiger partial charge in [0.25, 0.3) is 5.91 Å². The van der Waals surface area contributed by atoms with E-state index in [0.29, 0.717) is 18.0 Å². The number of carbonyl (C=O) groups is 1. The smallest absolute Gasteiger partial charge is 0.266 e. The van der Waals surface area contributed by atoms with Crippen LogP contribution < -0.4 is 9.47 Å². The molecule has 5 nitrogen and oxygen atoms in total. The summed E-state index contributed by atoms with van der Waals surface area (Å²) in [5, 5.41) is 0.725. The van der Waals surface area contributed by atoms with E-state index in [1.165, 1.54) is 0 Å². The largest absolute Gasteiger partial charge is 0.493 e. The van der Waals surface area contributed by atoms with Gasteiger partial charge in [0.15, 0.2) is 23.3 Å². The molecule has 0 bridgehead atoms. The minimum Gasteiger partial charge on any atom is -0.493 e. The summed E-state index contributed by atoms with van der Waals surface area (Å²) in [6, 6.07) is 15.2. The van der Waals surface area contributed by atoms with E-state index in [-0.39, 0.29) is 12.5 Å². The van der Waals surface area contributed by atoms with Crippen molar-refractivity contribution in [3.8, 4) is 11.5 Å². The summed E-state index contributed by atoms with van der Waals surface area (Å²) in [6.07, 6.45) is 0. The van der Waals surface area contributed by atoms with Crippen LogP contribution in [0.15, 0.2) is 53.5 Å². The SMILES string of the molecule is COc1ccccc1OCC(=O)N1CCSC1=Nc1ccccc1C. The van der Waals surface area contributed by atoms with Crippen LogP contribution >= 0.6 is 11.8 Å². The molecule has 1 aliphatic heterocycles. The van der Waals surface area contributed by atoms with Crippen LogP contribution in [0.3, 0.4) is 0 Å². The normalized spacial score (nSPS) is 15.4. The highest BCUT2D eigenvalue weighted by Crippen LogP contribution is 2.27. The van der Waals surface area contributed by atoms with Crippen LogP contribution in [0.4, 0.5) is 5.69 Å². The molecule has 0 unspecified atom stereocenters. The number of aryl methyl sites for hydroxylation is 1. The fourth-order valence-corrected chi connectivity index (χ4v) is 3.44. The first kappa shape index (κ1) is 17.4. The number of hydrogen-bond acceptors (Lipinski definition) is 5. The minimum absolute atomic E-state index is 0.0479. The van der Waals surface area contributed by atoms with Crippen molar-refractivity contribution in [2.24, 2.45) is 4.99 Å². The van der Waals surface area contributed by atoms with Gasteiger partial charge in [-0.3, -0.25) is 9.69 Å².